The second kappa shape index (κ2) is 4.64. The Kier molecular flexibility index (Phi) is 3.23. The Hall–Kier alpha value is -1.06. The fraction of sp³-hybridized carbons (Fsp3) is 0.500. The molecule has 0 saturated carbocycles. The summed E-state index contributed by atoms with van der Waals surface area (Å²) in [5, 5.41) is 0. The molecule has 1 aromatic carbocycles. The highest BCUT2D eigenvalue weighted by Gasteiger charge is 2.25. The van der Waals surface area contributed by atoms with Crippen LogP contribution < -0.4 is 10.5 Å². The third-order valence-electron chi connectivity index (χ3n) is 2.91. The molecule has 0 radical (unpaired) electrons. The van der Waals surface area contributed by atoms with Crippen molar-refractivity contribution in [1.29, 1.82) is 0 Å². The van der Waals surface area contributed by atoms with Crippen LogP contribution >= 0.6 is 0 Å². The summed E-state index contributed by atoms with van der Waals surface area (Å²) in [4.78, 5) is 0. The fourth-order valence-electron chi connectivity index (χ4n) is 2.00. The molecule has 0 aromatic heterocycles. The molecule has 3 heteroatoms. The van der Waals surface area contributed by atoms with Gasteiger partial charge >= 0.3 is 0 Å². The van der Waals surface area contributed by atoms with Crippen LogP contribution in [0.3, 0.4) is 0 Å². The molecule has 1 saturated heterocycles. The van der Waals surface area contributed by atoms with Crippen molar-refractivity contribution < 1.29 is 9.47 Å². The van der Waals surface area contributed by atoms with Crippen molar-refractivity contribution in [2.45, 2.75) is 18.4 Å². The predicted molar refractivity (Wildman–Crippen MR) is 59.1 cm³/mol. The second-order valence-electron chi connectivity index (χ2n) is 3.90. The third-order valence-corrected chi connectivity index (χ3v) is 2.91. The van der Waals surface area contributed by atoms with Crippen LogP contribution in [0, 0.1) is 0 Å². The van der Waals surface area contributed by atoms with E-state index in [2.05, 4.69) is 12.1 Å². The first kappa shape index (κ1) is 10.5. The molecule has 2 N–H and O–H groups in total. The highest BCUT2D eigenvalue weighted by molar-refractivity contribution is 5.31. The fourth-order valence-corrected chi connectivity index (χ4v) is 2.00. The SMILES string of the molecule is COc1cccc([C@@H]2CO[C@@H](CN)C2)c1. The van der Waals surface area contributed by atoms with Crippen molar-refractivity contribution in [3.63, 3.8) is 0 Å². The number of hydrogen-bond acceptors (Lipinski definition) is 3. The number of benzene rings is 1. The van der Waals surface area contributed by atoms with Gasteiger partial charge in [0.1, 0.15) is 5.75 Å². The summed E-state index contributed by atoms with van der Waals surface area (Å²) in [6.45, 7) is 1.38. The monoisotopic (exact) mass is 207 g/mol. The van der Waals surface area contributed by atoms with Gasteiger partial charge in [-0.25, -0.2) is 0 Å². The topological polar surface area (TPSA) is 44.5 Å². The van der Waals surface area contributed by atoms with E-state index in [1.807, 2.05) is 12.1 Å². The molecular formula is C12H17NO2. The quantitative estimate of drug-likeness (QED) is 0.817. The molecule has 0 aliphatic carbocycles. The van der Waals surface area contributed by atoms with Crippen molar-refractivity contribution >= 4 is 0 Å². The predicted octanol–water partition coefficient (Wildman–Crippen LogP) is 1.53. The van der Waals surface area contributed by atoms with E-state index in [1.165, 1.54) is 5.56 Å². The minimum atomic E-state index is 0.223. The Morgan fingerprint density at radius 2 is 2.40 bits per heavy atom. The van der Waals surface area contributed by atoms with Crippen molar-refractivity contribution in [2.24, 2.45) is 5.73 Å². The van der Waals surface area contributed by atoms with Crippen LogP contribution in [0.5, 0.6) is 5.75 Å². The van der Waals surface area contributed by atoms with Crippen LogP contribution in [0.4, 0.5) is 0 Å². The van der Waals surface area contributed by atoms with E-state index in [0.717, 1.165) is 18.8 Å². The Morgan fingerprint density at radius 1 is 1.53 bits per heavy atom. The van der Waals surface area contributed by atoms with Gasteiger partial charge in [-0.2, -0.15) is 0 Å². The summed E-state index contributed by atoms with van der Waals surface area (Å²) in [5.41, 5.74) is 6.86. The average molecular weight is 207 g/mol. The van der Waals surface area contributed by atoms with Crippen LogP contribution in [-0.4, -0.2) is 26.4 Å². The van der Waals surface area contributed by atoms with E-state index >= 15 is 0 Å². The smallest absolute Gasteiger partial charge is 0.119 e. The molecule has 1 heterocycles. The number of hydrogen-bond donors (Lipinski definition) is 1. The average Bonchev–Trinajstić information content (AvgIpc) is 2.78. The Morgan fingerprint density at radius 3 is 3.07 bits per heavy atom. The molecule has 2 rings (SSSR count). The molecule has 1 aromatic rings. The maximum absolute atomic E-state index is 5.58. The van der Waals surface area contributed by atoms with E-state index in [4.69, 9.17) is 15.2 Å². The molecule has 0 spiro atoms. The van der Waals surface area contributed by atoms with Crippen molar-refractivity contribution in [3.05, 3.63) is 29.8 Å². The van der Waals surface area contributed by atoms with Gasteiger partial charge in [0.2, 0.25) is 0 Å². The molecule has 3 nitrogen and oxygen atoms in total. The zero-order chi connectivity index (χ0) is 10.7. The van der Waals surface area contributed by atoms with Gasteiger partial charge in [-0.1, -0.05) is 12.1 Å². The maximum Gasteiger partial charge on any atom is 0.119 e. The summed E-state index contributed by atoms with van der Waals surface area (Å²) in [7, 11) is 1.69. The Labute approximate surface area is 90.2 Å². The third kappa shape index (κ3) is 2.30. The van der Waals surface area contributed by atoms with Crippen LogP contribution in [0.25, 0.3) is 0 Å². The molecule has 0 amide bonds. The molecule has 1 aliphatic heterocycles. The summed E-state index contributed by atoms with van der Waals surface area (Å²) in [5.74, 6) is 1.37. The zero-order valence-corrected chi connectivity index (χ0v) is 8.98. The molecule has 2 atom stereocenters. The standard InChI is InChI=1S/C12H17NO2/c1-14-11-4-2-3-9(5-11)10-6-12(7-13)15-8-10/h2-5,10,12H,6-8,13H2,1H3/t10-,12+/m0/s1. The lowest BCUT2D eigenvalue weighted by molar-refractivity contribution is 0.116. The molecule has 0 bridgehead atoms. The summed E-state index contributed by atoms with van der Waals surface area (Å²) in [6, 6.07) is 8.17. The normalized spacial score (nSPS) is 25.5. The number of nitrogens with two attached hydrogens (primary N) is 1. The molecule has 0 unspecified atom stereocenters. The molecule has 15 heavy (non-hydrogen) atoms. The largest absolute Gasteiger partial charge is 0.497 e. The van der Waals surface area contributed by atoms with Crippen molar-refractivity contribution in [2.75, 3.05) is 20.3 Å². The van der Waals surface area contributed by atoms with E-state index in [-0.39, 0.29) is 6.10 Å². The lowest BCUT2D eigenvalue weighted by Crippen LogP contribution is -2.18. The van der Waals surface area contributed by atoms with E-state index in [9.17, 15) is 0 Å². The first-order valence-electron chi connectivity index (χ1n) is 5.29. The molecule has 82 valence electrons. The maximum atomic E-state index is 5.58. The van der Waals surface area contributed by atoms with Crippen molar-refractivity contribution in [3.8, 4) is 5.75 Å². The van der Waals surface area contributed by atoms with Crippen LogP contribution in [0.15, 0.2) is 24.3 Å². The lowest BCUT2D eigenvalue weighted by Gasteiger charge is -2.09. The van der Waals surface area contributed by atoms with E-state index in [1.54, 1.807) is 7.11 Å². The van der Waals surface area contributed by atoms with Gasteiger partial charge in [-0.05, 0) is 24.1 Å². The number of methoxy groups -OCH3 is 1. The van der Waals surface area contributed by atoms with Crippen LogP contribution in [0.2, 0.25) is 0 Å². The number of rotatable bonds is 3. The highest BCUT2D eigenvalue weighted by atomic mass is 16.5. The van der Waals surface area contributed by atoms with E-state index < -0.39 is 0 Å². The van der Waals surface area contributed by atoms with Gasteiger partial charge in [0.25, 0.3) is 0 Å². The first-order chi connectivity index (χ1) is 7.33. The summed E-state index contributed by atoms with van der Waals surface area (Å²) >= 11 is 0. The van der Waals surface area contributed by atoms with Gasteiger partial charge in [-0.15, -0.1) is 0 Å². The van der Waals surface area contributed by atoms with Crippen LogP contribution in [0.1, 0.15) is 17.9 Å². The first-order valence-corrected chi connectivity index (χ1v) is 5.29. The Balaban J connectivity index is 2.09. The second-order valence-corrected chi connectivity index (χ2v) is 3.90. The minimum Gasteiger partial charge on any atom is -0.497 e. The van der Waals surface area contributed by atoms with Gasteiger partial charge in [0.05, 0.1) is 19.8 Å². The van der Waals surface area contributed by atoms with Crippen molar-refractivity contribution in [1.82, 2.24) is 0 Å². The number of ether oxygens (including phenoxy) is 2. The summed E-state index contributed by atoms with van der Waals surface area (Å²) < 4.78 is 10.8. The zero-order valence-electron chi connectivity index (χ0n) is 8.98. The minimum absolute atomic E-state index is 0.223. The van der Waals surface area contributed by atoms with Gasteiger partial charge in [-0.3, -0.25) is 0 Å². The Bertz CT molecular complexity index is 327. The van der Waals surface area contributed by atoms with E-state index in [0.29, 0.717) is 12.5 Å². The highest BCUT2D eigenvalue weighted by Crippen LogP contribution is 2.30. The molecule has 1 aliphatic rings. The van der Waals surface area contributed by atoms with Gasteiger partial charge < -0.3 is 15.2 Å². The lowest BCUT2D eigenvalue weighted by atomic mass is 9.96. The van der Waals surface area contributed by atoms with Crippen LogP contribution in [-0.2, 0) is 4.74 Å². The van der Waals surface area contributed by atoms with Gasteiger partial charge in [0.15, 0.2) is 0 Å². The molecular weight excluding hydrogens is 190 g/mol. The van der Waals surface area contributed by atoms with Gasteiger partial charge in [0, 0.05) is 12.5 Å². The summed E-state index contributed by atoms with van der Waals surface area (Å²) in [6.07, 6.45) is 1.24. The molecule has 1 fully saturated rings.